The topological polar surface area (TPSA) is 117 Å². The number of likely N-dealkylation sites (tertiary alicyclic amines) is 2. The van der Waals surface area contributed by atoms with Crippen LogP contribution in [0.4, 0.5) is 11.4 Å². The minimum atomic E-state index is -0.421. The summed E-state index contributed by atoms with van der Waals surface area (Å²) in [5.41, 5.74) is 1.75. The van der Waals surface area contributed by atoms with Crippen LogP contribution in [0.2, 0.25) is 0 Å². The van der Waals surface area contributed by atoms with Crippen molar-refractivity contribution < 1.29 is 24.0 Å². The monoisotopic (exact) mass is 527 g/mol. The number of non-ortho nitro benzene ring substituents is 1. The van der Waals surface area contributed by atoms with Crippen molar-refractivity contribution in [3.63, 3.8) is 0 Å². The molecule has 5 rings (SSSR count). The van der Waals surface area contributed by atoms with Gasteiger partial charge in [-0.25, -0.2) is 0 Å². The lowest BCUT2D eigenvalue weighted by atomic mass is 9.82. The Morgan fingerprint density at radius 3 is 2.53 bits per heavy atom. The second-order valence-electron chi connectivity index (χ2n) is 10.8. The third-order valence-electron chi connectivity index (χ3n) is 8.48. The first-order chi connectivity index (χ1) is 18.4. The largest absolute Gasteiger partial charge is 0.466 e. The van der Waals surface area contributed by atoms with E-state index in [0.29, 0.717) is 58.7 Å². The summed E-state index contributed by atoms with van der Waals surface area (Å²) < 4.78 is 5.22. The minimum absolute atomic E-state index is 0.0172. The quantitative estimate of drug-likeness (QED) is 0.312. The molecule has 2 amide bonds. The van der Waals surface area contributed by atoms with Crippen molar-refractivity contribution in [3.8, 4) is 0 Å². The van der Waals surface area contributed by atoms with E-state index in [1.807, 2.05) is 4.90 Å². The standard InChI is InChI=1S/C27H37N5O6/c1-2-38-27(35)19-6-5-11-30(16-19)26(34)22-15-20-14-21(32(36)37)7-8-23(20)31-13-12-28(17-24(22)31)18-25(33)29-9-3-4-10-29/h7-8,14,19,22,24H,2-6,9-13,15-18H2,1H3. The van der Waals surface area contributed by atoms with Gasteiger partial charge in [0.15, 0.2) is 0 Å². The molecule has 1 aromatic rings. The lowest BCUT2D eigenvalue weighted by Gasteiger charge is -2.50. The summed E-state index contributed by atoms with van der Waals surface area (Å²) in [6.07, 6.45) is 3.92. The lowest BCUT2D eigenvalue weighted by Crippen LogP contribution is -2.62. The molecule has 4 aliphatic rings. The zero-order valence-electron chi connectivity index (χ0n) is 22.0. The van der Waals surface area contributed by atoms with Crippen molar-refractivity contribution in [3.05, 3.63) is 33.9 Å². The van der Waals surface area contributed by atoms with Crippen molar-refractivity contribution in [1.82, 2.24) is 14.7 Å². The fourth-order valence-corrected chi connectivity index (χ4v) is 6.53. The summed E-state index contributed by atoms with van der Waals surface area (Å²) in [5.74, 6) is -0.907. The SMILES string of the molecule is CCOC(=O)C1CCCN(C(=O)C2Cc3cc([N+](=O)[O-])ccc3N3CCN(CC(=O)N4CCCC4)CC23)C1. The number of rotatable bonds is 6. The van der Waals surface area contributed by atoms with Crippen molar-refractivity contribution >= 4 is 29.2 Å². The molecule has 0 saturated carbocycles. The van der Waals surface area contributed by atoms with Gasteiger partial charge in [-0.15, -0.1) is 0 Å². The number of carbonyl (C=O) groups excluding carboxylic acids is 3. The highest BCUT2D eigenvalue weighted by Crippen LogP contribution is 2.39. The number of nitrogens with zero attached hydrogens (tertiary/aromatic N) is 5. The Morgan fingerprint density at radius 1 is 1.03 bits per heavy atom. The molecule has 0 radical (unpaired) electrons. The predicted molar refractivity (Wildman–Crippen MR) is 140 cm³/mol. The molecule has 0 spiro atoms. The highest BCUT2D eigenvalue weighted by atomic mass is 16.6. The van der Waals surface area contributed by atoms with Gasteiger partial charge >= 0.3 is 5.97 Å². The van der Waals surface area contributed by atoms with Crippen LogP contribution in [-0.4, -0.2) is 102 Å². The van der Waals surface area contributed by atoms with Crippen LogP contribution in [0.15, 0.2) is 18.2 Å². The number of fused-ring (bicyclic) bond motifs is 3. The molecule has 206 valence electrons. The Morgan fingerprint density at radius 2 is 1.79 bits per heavy atom. The number of anilines is 1. The molecular weight excluding hydrogens is 490 g/mol. The van der Waals surface area contributed by atoms with E-state index in [-0.39, 0.29) is 35.4 Å². The molecule has 0 aliphatic carbocycles. The predicted octanol–water partition coefficient (Wildman–Crippen LogP) is 1.68. The summed E-state index contributed by atoms with van der Waals surface area (Å²) in [4.78, 5) is 58.4. The second-order valence-corrected chi connectivity index (χ2v) is 10.8. The first-order valence-corrected chi connectivity index (χ1v) is 13.8. The van der Waals surface area contributed by atoms with E-state index in [1.54, 1.807) is 24.0 Å². The number of nitro groups is 1. The summed E-state index contributed by atoms with van der Waals surface area (Å²) >= 11 is 0. The van der Waals surface area contributed by atoms with Crippen LogP contribution >= 0.6 is 0 Å². The summed E-state index contributed by atoms with van der Waals surface area (Å²) in [7, 11) is 0. The maximum absolute atomic E-state index is 14.0. The van der Waals surface area contributed by atoms with E-state index >= 15 is 0 Å². The van der Waals surface area contributed by atoms with Crippen molar-refractivity contribution in [2.45, 2.75) is 45.1 Å². The van der Waals surface area contributed by atoms with Crippen LogP contribution in [-0.2, 0) is 25.5 Å². The number of piperazine rings is 1. The average Bonchev–Trinajstić information content (AvgIpc) is 3.47. The number of benzene rings is 1. The maximum Gasteiger partial charge on any atom is 0.310 e. The van der Waals surface area contributed by atoms with Crippen LogP contribution in [0.5, 0.6) is 0 Å². The number of amides is 2. The molecule has 3 atom stereocenters. The van der Waals surface area contributed by atoms with E-state index in [4.69, 9.17) is 4.74 Å². The number of esters is 1. The number of piperidine rings is 1. The smallest absolute Gasteiger partial charge is 0.310 e. The molecule has 11 nitrogen and oxygen atoms in total. The molecule has 3 fully saturated rings. The van der Waals surface area contributed by atoms with E-state index in [2.05, 4.69) is 9.80 Å². The number of nitro benzene ring substituents is 1. The average molecular weight is 528 g/mol. The molecule has 38 heavy (non-hydrogen) atoms. The first-order valence-electron chi connectivity index (χ1n) is 13.8. The third-order valence-corrected chi connectivity index (χ3v) is 8.48. The van der Waals surface area contributed by atoms with Gasteiger partial charge in [0.05, 0.1) is 36.0 Å². The second kappa shape index (κ2) is 11.3. The molecular formula is C27H37N5O6. The third kappa shape index (κ3) is 5.34. The molecule has 0 N–H and O–H groups in total. The summed E-state index contributed by atoms with van der Waals surface area (Å²) in [5, 5.41) is 11.5. The highest BCUT2D eigenvalue weighted by molar-refractivity contribution is 5.84. The molecule has 1 aromatic carbocycles. The molecule has 3 unspecified atom stereocenters. The van der Waals surface area contributed by atoms with Gasteiger partial charge in [0, 0.05) is 63.6 Å². The molecule has 11 heteroatoms. The van der Waals surface area contributed by atoms with Gasteiger partial charge in [-0.1, -0.05) is 0 Å². The van der Waals surface area contributed by atoms with E-state index < -0.39 is 10.8 Å². The molecule has 4 heterocycles. The van der Waals surface area contributed by atoms with Gasteiger partial charge in [0.2, 0.25) is 11.8 Å². The summed E-state index contributed by atoms with van der Waals surface area (Å²) in [6, 6.07) is 4.76. The van der Waals surface area contributed by atoms with Crippen LogP contribution in [0.3, 0.4) is 0 Å². The van der Waals surface area contributed by atoms with Crippen LogP contribution in [0.25, 0.3) is 0 Å². The Balaban J connectivity index is 1.38. The van der Waals surface area contributed by atoms with Crippen molar-refractivity contribution in [2.24, 2.45) is 11.8 Å². The van der Waals surface area contributed by atoms with Gasteiger partial charge in [-0.2, -0.15) is 0 Å². The van der Waals surface area contributed by atoms with Crippen molar-refractivity contribution in [1.29, 1.82) is 0 Å². The number of carbonyl (C=O) groups is 3. The minimum Gasteiger partial charge on any atom is -0.466 e. The normalized spacial score (nSPS) is 25.5. The Kier molecular flexibility index (Phi) is 7.83. The Bertz CT molecular complexity index is 1090. The summed E-state index contributed by atoms with van der Waals surface area (Å²) in [6.45, 7) is 6.86. The molecule has 0 bridgehead atoms. The van der Waals surface area contributed by atoms with Gasteiger partial charge in [-0.3, -0.25) is 29.4 Å². The van der Waals surface area contributed by atoms with Crippen LogP contribution in [0.1, 0.15) is 38.2 Å². The zero-order chi connectivity index (χ0) is 26.8. The zero-order valence-corrected chi connectivity index (χ0v) is 22.0. The molecule has 0 aromatic heterocycles. The maximum atomic E-state index is 14.0. The molecule has 4 aliphatic heterocycles. The lowest BCUT2D eigenvalue weighted by molar-refractivity contribution is -0.384. The Labute approximate surface area is 222 Å². The van der Waals surface area contributed by atoms with Crippen LogP contribution in [0, 0.1) is 22.0 Å². The van der Waals surface area contributed by atoms with Gasteiger partial charge in [0.1, 0.15) is 0 Å². The fourth-order valence-electron chi connectivity index (χ4n) is 6.53. The highest BCUT2D eigenvalue weighted by Gasteiger charge is 2.44. The number of hydrogen-bond donors (Lipinski definition) is 0. The van der Waals surface area contributed by atoms with E-state index in [9.17, 15) is 24.5 Å². The number of hydrogen-bond acceptors (Lipinski definition) is 8. The number of ether oxygens (including phenoxy) is 1. The van der Waals surface area contributed by atoms with E-state index in [1.165, 1.54) is 6.07 Å². The first kappa shape index (κ1) is 26.4. The fraction of sp³-hybridized carbons (Fsp3) is 0.667. The van der Waals surface area contributed by atoms with Gasteiger partial charge < -0.3 is 19.4 Å². The van der Waals surface area contributed by atoms with Crippen molar-refractivity contribution in [2.75, 3.05) is 63.9 Å². The molecule has 3 saturated heterocycles. The van der Waals surface area contributed by atoms with Crippen LogP contribution < -0.4 is 4.90 Å². The van der Waals surface area contributed by atoms with Gasteiger partial charge in [0.25, 0.3) is 5.69 Å². The van der Waals surface area contributed by atoms with Gasteiger partial charge in [-0.05, 0) is 50.7 Å². The Hall–Kier alpha value is -3.21. The van der Waals surface area contributed by atoms with E-state index in [0.717, 1.165) is 43.6 Å².